The smallest absolute Gasteiger partial charge is 0.210 e. The molecule has 1 aliphatic rings. The predicted molar refractivity (Wildman–Crippen MR) is 51.2 cm³/mol. The highest BCUT2D eigenvalue weighted by atomic mass is 16.1. The van der Waals surface area contributed by atoms with E-state index < -0.39 is 0 Å². The molecule has 0 N–H and O–H groups in total. The normalized spacial score (nSPS) is 21.8. The van der Waals surface area contributed by atoms with Crippen molar-refractivity contribution in [1.82, 2.24) is 4.90 Å². The third kappa shape index (κ3) is 1.57. The zero-order chi connectivity index (χ0) is 9.10. The highest BCUT2D eigenvalue weighted by Crippen LogP contribution is 2.29. The number of carbonyl (C=O) groups excluding carboxylic acids is 1. The molecule has 1 aromatic rings. The summed E-state index contributed by atoms with van der Waals surface area (Å²) in [7, 11) is 0. The number of amides is 1. The van der Waals surface area contributed by atoms with Gasteiger partial charge in [-0.05, 0) is 18.4 Å². The Morgan fingerprint density at radius 1 is 1.31 bits per heavy atom. The largest absolute Gasteiger partial charge is 0.338 e. The van der Waals surface area contributed by atoms with Gasteiger partial charge < -0.3 is 4.90 Å². The van der Waals surface area contributed by atoms with Crippen molar-refractivity contribution >= 4 is 6.41 Å². The molecule has 1 aromatic carbocycles. The zero-order valence-corrected chi connectivity index (χ0v) is 7.52. The first-order valence-electron chi connectivity index (χ1n) is 4.68. The average Bonchev–Trinajstić information content (AvgIpc) is 2.67. The Labute approximate surface area is 78.2 Å². The third-order valence-electron chi connectivity index (χ3n) is 2.61. The molecule has 13 heavy (non-hydrogen) atoms. The van der Waals surface area contributed by atoms with E-state index in [2.05, 4.69) is 12.1 Å². The van der Waals surface area contributed by atoms with Crippen LogP contribution in [0.2, 0.25) is 0 Å². The first kappa shape index (κ1) is 8.30. The van der Waals surface area contributed by atoms with E-state index in [-0.39, 0.29) is 0 Å². The summed E-state index contributed by atoms with van der Waals surface area (Å²) >= 11 is 0. The van der Waals surface area contributed by atoms with E-state index in [1.54, 1.807) is 0 Å². The summed E-state index contributed by atoms with van der Waals surface area (Å²) in [6, 6.07) is 10.6. The van der Waals surface area contributed by atoms with Crippen molar-refractivity contribution in [3.05, 3.63) is 35.9 Å². The maximum Gasteiger partial charge on any atom is 0.210 e. The van der Waals surface area contributed by atoms with Gasteiger partial charge in [-0.1, -0.05) is 30.3 Å². The molecule has 0 aromatic heterocycles. The lowest BCUT2D eigenvalue weighted by Crippen LogP contribution is -2.20. The van der Waals surface area contributed by atoms with E-state index in [1.165, 1.54) is 5.56 Å². The minimum atomic E-state index is 0.318. The second-order valence-corrected chi connectivity index (χ2v) is 3.41. The number of rotatable bonds is 2. The van der Waals surface area contributed by atoms with Crippen molar-refractivity contribution < 1.29 is 4.79 Å². The average molecular weight is 175 g/mol. The first-order valence-corrected chi connectivity index (χ1v) is 4.68. The second-order valence-electron chi connectivity index (χ2n) is 3.41. The van der Waals surface area contributed by atoms with Crippen LogP contribution in [0.15, 0.2) is 30.3 Å². The van der Waals surface area contributed by atoms with Crippen molar-refractivity contribution in [1.29, 1.82) is 0 Å². The Morgan fingerprint density at radius 3 is 2.77 bits per heavy atom. The van der Waals surface area contributed by atoms with E-state index in [4.69, 9.17) is 0 Å². The van der Waals surface area contributed by atoms with Gasteiger partial charge >= 0.3 is 0 Å². The molecule has 0 bridgehead atoms. The van der Waals surface area contributed by atoms with Crippen molar-refractivity contribution in [3.63, 3.8) is 0 Å². The molecule has 1 fully saturated rings. The van der Waals surface area contributed by atoms with Gasteiger partial charge in [-0.3, -0.25) is 4.79 Å². The fourth-order valence-electron chi connectivity index (χ4n) is 1.95. The van der Waals surface area contributed by atoms with E-state index in [0.29, 0.717) is 6.04 Å². The Bertz CT molecular complexity index is 283. The number of nitrogens with zero attached hydrogens (tertiary/aromatic N) is 1. The second kappa shape index (κ2) is 3.60. The van der Waals surface area contributed by atoms with Gasteiger partial charge in [0.1, 0.15) is 0 Å². The SMILES string of the molecule is O=CN1CCC[C@@H]1c1ccccc1. The van der Waals surface area contributed by atoms with Gasteiger partial charge in [0.05, 0.1) is 6.04 Å². The topological polar surface area (TPSA) is 20.3 Å². The van der Waals surface area contributed by atoms with Gasteiger partial charge in [-0.15, -0.1) is 0 Å². The van der Waals surface area contributed by atoms with Crippen LogP contribution in [-0.4, -0.2) is 17.9 Å². The van der Waals surface area contributed by atoms with Crippen LogP contribution in [0.1, 0.15) is 24.4 Å². The van der Waals surface area contributed by atoms with Crippen LogP contribution >= 0.6 is 0 Å². The first-order chi connectivity index (χ1) is 6.42. The summed E-state index contributed by atoms with van der Waals surface area (Å²) in [5.74, 6) is 0. The molecule has 0 radical (unpaired) electrons. The number of carbonyl (C=O) groups is 1. The number of likely N-dealkylation sites (tertiary alicyclic amines) is 1. The Morgan fingerprint density at radius 2 is 2.08 bits per heavy atom. The molecule has 68 valence electrons. The summed E-state index contributed by atoms with van der Waals surface area (Å²) < 4.78 is 0. The van der Waals surface area contributed by atoms with Crippen LogP contribution in [0, 0.1) is 0 Å². The molecule has 1 heterocycles. The quantitative estimate of drug-likeness (QED) is 0.629. The fourth-order valence-corrected chi connectivity index (χ4v) is 1.95. The van der Waals surface area contributed by atoms with Gasteiger partial charge in [0.15, 0.2) is 0 Å². The monoisotopic (exact) mass is 175 g/mol. The molecule has 2 nitrogen and oxygen atoms in total. The lowest BCUT2D eigenvalue weighted by Gasteiger charge is -2.19. The molecule has 0 spiro atoms. The van der Waals surface area contributed by atoms with Crippen molar-refractivity contribution in [2.24, 2.45) is 0 Å². The molecular formula is C11H13NO. The van der Waals surface area contributed by atoms with Crippen molar-refractivity contribution in [2.75, 3.05) is 6.54 Å². The summed E-state index contributed by atoms with van der Waals surface area (Å²) in [5.41, 5.74) is 1.26. The molecular weight excluding hydrogens is 162 g/mol. The minimum Gasteiger partial charge on any atom is -0.338 e. The van der Waals surface area contributed by atoms with E-state index in [0.717, 1.165) is 25.8 Å². The summed E-state index contributed by atoms with van der Waals surface area (Å²) in [4.78, 5) is 12.6. The summed E-state index contributed by atoms with van der Waals surface area (Å²) in [6.07, 6.45) is 3.19. The van der Waals surface area contributed by atoms with Gasteiger partial charge in [0, 0.05) is 6.54 Å². The molecule has 1 saturated heterocycles. The van der Waals surface area contributed by atoms with Crippen LogP contribution in [0.3, 0.4) is 0 Å². The standard InChI is InChI=1S/C11H13NO/c13-9-12-8-4-7-11(12)10-5-2-1-3-6-10/h1-3,5-6,9,11H,4,7-8H2/t11-/m1/s1. The van der Waals surface area contributed by atoms with Crippen molar-refractivity contribution in [2.45, 2.75) is 18.9 Å². The number of hydrogen-bond acceptors (Lipinski definition) is 1. The number of benzene rings is 1. The van der Waals surface area contributed by atoms with Gasteiger partial charge in [-0.2, -0.15) is 0 Å². The predicted octanol–water partition coefficient (Wildman–Crippen LogP) is 1.98. The van der Waals surface area contributed by atoms with Crippen LogP contribution in [0.4, 0.5) is 0 Å². The Balaban J connectivity index is 2.21. The van der Waals surface area contributed by atoms with Gasteiger partial charge in [0.2, 0.25) is 6.41 Å². The molecule has 0 saturated carbocycles. The minimum absolute atomic E-state index is 0.318. The zero-order valence-electron chi connectivity index (χ0n) is 7.52. The Hall–Kier alpha value is -1.31. The Kier molecular flexibility index (Phi) is 2.30. The summed E-state index contributed by atoms with van der Waals surface area (Å²) in [6.45, 7) is 0.906. The van der Waals surface area contributed by atoms with Crippen LogP contribution in [-0.2, 0) is 4.79 Å². The molecule has 2 rings (SSSR count). The third-order valence-corrected chi connectivity index (χ3v) is 2.61. The van der Waals surface area contributed by atoms with E-state index >= 15 is 0 Å². The van der Waals surface area contributed by atoms with Gasteiger partial charge in [-0.25, -0.2) is 0 Å². The highest BCUT2D eigenvalue weighted by molar-refractivity contribution is 5.49. The lowest BCUT2D eigenvalue weighted by molar-refractivity contribution is -0.118. The summed E-state index contributed by atoms with van der Waals surface area (Å²) in [5, 5.41) is 0. The lowest BCUT2D eigenvalue weighted by atomic mass is 10.1. The van der Waals surface area contributed by atoms with E-state index in [9.17, 15) is 4.79 Å². The molecule has 0 unspecified atom stereocenters. The van der Waals surface area contributed by atoms with Crippen LogP contribution < -0.4 is 0 Å². The molecule has 2 heteroatoms. The molecule has 1 aliphatic heterocycles. The maximum absolute atomic E-state index is 10.7. The number of hydrogen-bond donors (Lipinski definition) is 0. The molecule has 0 aliphatic carbocycles. The van der Waals surface area contributed by atoms with Crippen molar-refractivity contribution in [3.8, 4) is 0 Å². The highest BCUT2D eigenvalue weighted by Gasteiger charge is 2.23. The van der Waals surface area contributed by atoms with Crippen LogP contribution in [0.25, 0.3) is 0 Å². The maximum atomic E-state index is 10.7. The fraction of sp³-hybridized carbons (Fsp3) is 0.364. The molecule has 1 amide bonds. The van der Waals surface area contributed by atoms with Crippen LogP contribution in [0.5, 0.6) is 0 Å². The molecule has 1 atom stereocenters. The van der Waals surface area contributed by atoms with Gasteiger partial charge in [0.25, 0.3) is 0 Å². The van der Waals surface area contributed by atoms with E-state index in [1.807, 2.05) is 23.1 Å².